The fourth-order valence-corrected chi connectivity index (χ4v) is 1.32. The first-order valence-electron chi connectivity index (χ1n) is 4.61. The van der Waals surface area contributed by atoms with Crippen LogP contribution in [0.2, 0.25) is 0 Å². The quantitative estimate of drug-likeness (QED) is 0.557. The van der Waals surface area contributed by atoms with Crippen molar-refractivity contribution in [3.8, 4) is 0 Å². The van der Waals surface area contributed by atoms with Gasteiger partial charge in [0.1, 0.15) is 0 Å². The van der Waals surface area contributed by atoms with Gasteiger partial charge in [-0.05, 0) is 18.6 Å². The van der Waals surface area contributed by atoms with Crippen molar-refractivity contribution in [1.82, 2.24) is 10.3 Å². The Kier molecular flexibility index (Phi) is 2.32. The Morgan fingerprint density at radius 1 is 1.19 bits per heavy atom. The van der Waals surface area contributed by atoms with Gasteiger partial charge in [0.15, 0.2) is 0 Å². The van der Waals surface area contributed by atoms with Crippen molar-refractivity contribution >= 4 is 23.5 Å². The molecule has 2 N–H and O–H groups in total. The molecule has 1 aliphatic rings. The Labute approximate surface area is 91.2 Å². The van der Waals surface area contributed by atoms with Crippen molar-refractivity contribution in [1.29, 1.82) is 0 Å². The highest BCUT2D eigenvalue weighted by Gasteiger charge is 2.37. The first-order valence-corrected chi connectivity index (χ1v) is 4.61. The SMILES string of the molecule is Cc1ccccc1NN1C(=O)NC(=O)C1=O. The van der Waals surface area contributed by atoms with Crippen molar-refractivity contribution in [2.45, 2.75) is 6.92 Å². The highest BCUT2D eigenvalue weighted by Crippen LogP contribution is 2.15. The van der Waals surface area contributed by atoms with Gasteiger partial charge in [0, 0.05) is 0 Å². The zero-order valence-electron chi connectivity index (χ0n) is 8.48. The number of para-hydroxylation sites is 1. The molecule has 1 aliphatic heterocycles. The number of carbonyl (C=O) groups excluding carboxylic acids is 3. The van der Waals surface area contributed by atoms with Crippen LogP contribution < -0.4 is 10.7 Å². The third kappa shape index (κ3) is 1.60. The fraction of sp³-hybridized carbons (Fsp3) is 0.100. The van der Waals surface area contributed by atoms with Crippen LogP contribution in [0.5, 0.6) is 0 Å². The monoisotopic (exact) mass is 219 g/mol. The van der Waals surface area contributed by atoms with Crippen LogP contribution in [0.25, 0.3) is 0 Å². The summed E-state index contributed by atoms with van der Waals surface area (Å²) in [6.07, 6.45) is 0. The number of aryl methyl sites for hydroxylation is 1. The predicted molar refractivity (Wildman–Crippen MR) is 55.2 cm³/mol. The number of urea groups is 1. The van der Waals surface area contributed by atoms with Gasteiger partial charge in [-0.2, -0.15) is 5.01 Å². The van der Waals surface area contributed by atoms with E-state index in [1.54, 1.807) is 12.1 Å². The van der Waals surface area contributed by atoms with Gasteiger partial charge in [0.05, 0.1) is 5.69 Å². The van der Waals surface area contributed by atoms with Crippen LogP contribution in [-0.4, -0.2) is 22.9 Å². The van der Waals surface area contributed by atoms with Crippen molar-refractivity contribution in [2.24, 2.45) is 0 Å². The summed E-state index contributed by atoms with van der Waals surface area (Å²) >= 11 is 0. The number of hydrazine groups is 1. The van der Waals surface area contributed by atoms with Gasteiger partial charge in [-0.15, -0.1) is 0 Å². The minimum Gasteiger partial charge on any atom is -0.287 e. The zero-order valence-corrected chi connectivity index (χ0v) is 8.48. The summed E-state index contributed by atoms with van der Waals surface area (Å²) in [5.74, 6) is -1.83. The van der Waals surface area contributed by atoms with Crippen molar-refractivity contribution in [3.63, 3.8) is 0 Å². The number of rotatable bonds is 2. The summed E-state index contributed by atoms with van der Waals surface area (Å²) in [4.78, 5) is 33.4. The lowest BCUT2D eigenvalue weighted by Crippen LogP contribution is -2.36. The summed E-state index contributed by atoms with van der Waals surface area (Å²) in [5.41, 5.74) is 4.05. The van der Waals surface area contributed by atoms with Crippen LogP contribution >= 0.6 is 0 Å². The van der Waals surface area contributed by atoms with E-state index in [1.165, 1.54) is 0 Å². The first kappa shape index (κ1) is 10.2. The van der Waals surface area contributed by atoms with E-state index in [4.69, 9.17) is 0 Å². The van der Waals surface area contributed by atoms with Gasteiger partial charge in [0.25, 0.3) is 0 Å². The molecule has 1 fully saturated rings. The lowest BCUT2D eigenvalue weighted by Gasteiger charge is -2.15. The summed E-state index contributed by atoms with van der Waals surface area (Å²) < 4.78 is 0. The number of nitrogens with one attached hydrogen (secondary N) is 2. The molecule has 0 unspecified atom stereocenters. The van der Waals surface area contributed by atoms with E-state index in [-0.39, 0.29) is 0 Å². The Hall–Kier alpha value is -2.37. The van der Waals surface area contributed by atoms with Crippen LogP contribution in [0.3, 0.4) is 0 Å². The molecular weight excluding hydrogens is 210 g/mol. The summed E-state index contributed by atoms with van der Waals surface area (Å²) in [5, 5.41) is 2.55. The average molecular weight is 219 g/mol. The van der Waals surface area contributed by atoms with Crippen LogP contribution in [-0.2, 0) is 9.59 Å². The van der Waals surface area contributed by atoms with E-state index in [2.05, 4.69) is 5.43 Å². The molecular formula is C10H9N3O3. The smallest absolute Gasteiger partial charge is 0.287 e. The second-order valence-electron chi connectivity index (χ2n) is 3.33. The third-order valence-electron chi connectivity index (χ3n) is 2.20. The Balaban J connectivity index is 2.23. The van der Waals surface area contributed by atoms with Crippen LogP contribution in [0, 0.1) is 6.92 Å². The average Bonchev–Trinajstić information content (AvgIpc) is 2.48. The number of amides is 4. The fourth-order valence-electron chi connectivity index (χ4n) is 1.32. The maximum Gasteiger partial charge on any atom is 0.350 e. The normalized spacial score (nSPS) is 15.3. The Bertz CT molecular complexity index is 484. The molecule has 1 aromatic carbocycles. The van der Waals surface area contributed by atoms with E-state index < -0.39 is 17.8 Å². The zero-order chi connectivity index (χ0) is 11.7. The molecule has 6 nitrogen and oxygen atoms in total. The summed E-state index contributed by atoms with van der Waals surface area (Å²) in [6.45, 7) is 1.82. The van der Waals surface area contributed by atoms with Crippen molar-refractivity contribution in [3.05, 3.63) is 29.8 Å². The molecule has 0 saturated carbocycles. The largest absolute Gasteiger partial charge is 0.350 e. The van der Waals surface area contributed by atoms with E-state index in [9.17, 15) is 14.4 Å². The molecule has 2 rings (SSSR count). The Morgan fingerprint density at radius 2 is 1.88 bits per heavy atom. The topological polar surface area (TPSA) is 78.5 Å². The third-order valence-corrected chi connectivity index (χ3v) is 2.20. The van der Waals surface area contributed by atoms with Crippen molar-refractivity contribution in [2.75, 3.05) is 5.43 Å². The van der Waals surface area contributed by atoms with E-state index in [0.717, 1.165) is 5.56 Å². The molecule has 1 heterocycles. The maximum atomic E-state index is 11.3. The van der Waals surface area contributed by atoms with Crippen LogP contribution in [0.4, 0.5) is 10.5 Å². The second-order valence-corrected chi connectivity index (χ2v) is 3.33. The molecule has 0 aliphatic carbocycles. The number of carbonyl (C=O) groups is 3. The van der Waals surface area contributed by atoms with Gasteiger partial charge < -0.3 is 0 Å². The molecule has 1 aromatic rings. The van der Waals surface area contributed by atoms with E-state index in [0.29, 0.717) is 10.7 Å². The number of anilines is 1. The standard InChI is InChI=1S/C10H9N3O3/c1-6-4-2-3-5-7(6)12-13-9(15)8(14)11-10(13)16/h2-5,12H,1H3,(H,11,14,16). The van der Waals surface area contributed by atoms with E-state index >= 15 is 0 Å². The lowest BCUT2D eigenvalue weighted by molar-refractivity contribution is -0.139. The predicted octanol–water partition coefficient (Wildman–Crippen LogP) is 0.400. The summed E-state index contributed by atoms with van der Waals surface area (Å²) in [7, 11) is 0. The maximum absolute atomic E-state index is 11.3. The van der Waals surface area contributed by atoms with Crippen LogP contribution in [0.15, 0.2) is 24.3 Å². The molecule has 16 heavy (non-hydrogen) atoms. The minimum absolute atomic E-state index is 0.598. The summed E-state index contributed by atoms with van der Waals surface area (Å²) in [6, 6.07) is 6.35. The molecule has 6 heteroatoms. The van der Waals surface area contributed by atoms with Gasteiger partial charge >= 0.3 is 17.8 Å². The van der Waals surface area contributed by atoms with Crippen molar-refractivity contribution < 1.29 is 14.4 Å². The number of benzene rings is 1. The van der Waals surface area contributed by atoms with Gasteiger partial charge in [-0.3, -0.25) is 20.3 Å². The molecule has 0 spiro atoms. The Morgan fingerprint density at radius 3 is 2.44 bits per heavy atom. The van der Waals surface area contributed by atoms with Crippen LogP contribution in [0.1, 0.15) is 5.56 Å². The molecule has 0 aromatic heterocycles. The number of hydrogen-bond donors (Lipinski definition) is 2. The lowest BCUT2D eigenvalue weighted by atomic mass is 10.2. The van der Waals surface area contributed by atoms with Gasteiger partial charge in [0.2, 0.25) is 0 Å². The van der Waals surface area contributed by atoms with Gasteiger partial charge in [-0.1, -0.05) is 18.2 Å². The van der Waals surface area contributed by atoms with E-state index in [1.807, 2.05) is 24.4 Å². The highest BCUT2D eigenvalue weighted by molar-refractivity contribution is 6.45. The molecule has 1 saturated heterocycles. The van der Waals surface area contributed by atoms with Gasteiger partial charge in [-0.25, -0.2) is 4.79 Å². The number of nitrogens with zero attached hydrogens (tertiary/aromatic N) is 1. The number of hydrogen-bond acceptors (Lipinski definition) is 4. The second kappa shape index (κ2) is 3.65. The molecule has 4 amide bonds. The highest BCUT2D eigenvalue weighted by atomic mass is 16.2. The minimum atomic E-state index is -0.925. The molecule has 82 valence electrons. The molecule has 0 bridgehead atoms. The number of imide groups is 2. The first-order chi connectivity index (χ1) is 7.59. The molecule has 0 radical (unpaired) electrons. The molecule has 0 atom stereocenters.